The van der Waals surface area contributed by atoms with E-state index < -0.39 is 0 Å². The molecular formula is C18H20BrFN2O2. The van der Waals surface area contributed by atoms with Gasteiger partial charge in [0, 0.05) is 6.54 Å². The van der Waals surface area contributed by atoms with Crippen LogP contribution in [0.1, 0.15) is 11.6 Å². The normalized spacial score (nSPS) is 12.0. The van der Waals surface area contributed by atoms with Crippen LogP contribution in [0.4, 0.5) is 4.39 Å². The summed E-state index contributed by atoms with van der Waals surface area (Å²) in [5.41, 5.74) is 1.03. The fourth-order valence-electron chi connectivity index (χ4n) is 2.26. The van der Waals surface area contributed by atoms with E-state index in [0.717, 1.165) is 5.56 Å². The molecule has 1 N–H and O–H groups in total. The van der Waals surface area contributed by atoms with Crippen molar-refractivity contribution in [2.24, 2.45) is 0 Å². The van der Waals surface area contributed by atoms with E-state index in [1.165, 1.54) is 18.2 Å². The lowest BCUT2D eigenvalue weighted by Crippen LogP contribution is -2.37. The minimum atomic E-state index is -0.367. The Morgan fingerprint density at radius 2 is 1.96 bits per heavy atom. The second-order valence-electron chi connectivity index (χ2n) is 5.66. The van der Waals surface area contributed by atoms with E-state index in [9.17, 15) is 9.18 Å². The predicted octanol–water partition coefficient (Wildman–Crippen LogP) is 3.39. The summed E-state index contributed by atoms with van der Waals surface area (Å²) in [5, 5.41) is 2.97. The van der Waals surface area contributed by atoms with Gasteiger partial charge >= 0.3 is 0 Å². The molecule has 0 spiro atoms. The molecule has 0 radical (unpaired) electrons. The maximum absolute atomic E-state index is 13.1. The van der Waals surface area contributed by atoms with Crippen molar-refractivity contribution in [1.29, 1.82) is 0 Å². The van der Waals surface area contributed by atoms with Crippen molar-refractivity contribution in [3.05, 3.63) is 64.4 Å². The Balaban J connectivity index is 1.97. The average Bonchev–Trinajstić information content (AvgIpc) is 2.54. The van der Waals surface area contributed by atoms with Crippen molar-refractivity contribution in [3.63, 3.8) is 0 Å². The number of carbonyl (C=O) groups excluding carboxylic acids is 1. The second-order valence-corrected chi connectivity index (χ2v) is 6.51. The molecule has 0 aliphatic heterocycles. The zero-order chi connectivity index (χ0) is 17.5. The molecule has 6 heteroatoms. The van der Waals surface area contributed by atoms with Crippen LogP contribution in [-0.4, -0.2) is 38.1 Å². The van der Waals surface area contributed by atoms with Crippen LogP contribution in [0.25, 0.3) is 0 Å². The third-order valence-corrected chi connectivity index (χ3v) is 3.96. The Bertz CT molecular complexity index is 680. The van der Waals surface area contributed by atoms with Gasteiger partial charge in [-0.25, -0.2) is 4.39 Å². The number of likely N-dealkylation sites (N-methyl/N-ethyl adjacent to an activating group) is 1. The standard InChI is InChI=1S/C18H20BrFN2O2/c1-22(2)11-16(13-6-4-3-5-7-13)21-18(23)12-24-17-9-8-14(20)10-15(17)19/h3-10,16H,11-12H2,1-2H3,(H,21,23). The van der Waals surface area contributed by atoms with Gasteiger partial charge in [-0.2, -0.15) is 0 Å². The van der Waals surface area contributed by atoms with Crippen molar-refractivity contribution in [1.82, 2.24) is 10.2 Å². The van der Waals surface area contributed by atoms with E-state index in [1.54, 1.807) is 0 Å². The number of rotatable bonds is 7. The molecule has 1 unspecified atom stereocenters. The van der Waals surface area contributed by atoms with Crippen LogP contribution in [0.2, 0.25) is 0 Å². The molecule has 0 bridgehead atoms. The van der Waals surface area contributed by atoms with Gasteiger partial charge in [0.05, 0.1) is 10.5 Å². The van der Waals surface area contributed by atoms with Crippen LogP contribution in [0.15, 0.2) is 53.0 Å². The lowest BCUT2D eigenvalue weighted by molar-refractivity contribution is -0.124. The molecule has 4 nitrogen and oxygen atoms in total. The number of halogens is 2. The summed E-state index contributed by atoms with van der Waals surface area (Å²) < 4.78 is 19.0. The molecule has 0 aromatic heterocycles. The fourth-order valence-corrected chi connectivity index (χ4v) is 2.72. The Morgan fingerprint density at radius 1 is 1.25 bits per heavy atom. The molecule has 0 saturated carbocycles. The predicted molar refractivity (Wildman–Crippen MR) is 95.5 cm³/mol. The summed E-state index contributed by atoms with van der Waals surface area (Å²) >= 11 is 3.21. The molecule has 2 aromatic rings. The minimum absolute atomic E-state index is 0.131. The number of carbonyl (C=O) groups is 1. The number of nitrogens with one attached hydrogen (secondary N) is 1. The largest absolute Gasteiger partial charge is 0.483 e. The first-order valence-corrected chi connectivity index (χ1v) is 8.32. The molecule has 0 aliphatic carbocycles. The maximum atomic E-state index is 13.1. The van der Waals surface area contributed by atoms with Crippen molar-refractivity contribution >= 4 is 21.8 Å². The number of amides is 1. The van der Waals surface area contributed by atoms with Gasteiger partial charge in [0.25, 0.3) is 5.91 Å². The fraction of sp³-hybridized carbons (Fsp3) is 0.278. The lowest BCUT2D eigenvalue weighted by atomic mass is 10.1. The van der Waals surface area contributed by atoms with E-state index in [2.05, 4.69) is 21.2 Å². The highest BCUT2D eigenvalue weighted by atomic mass is 79.9. The highest BCUT2D eigenvalue weighted by Gasteiger charge is 2.16. The van der Waals surface area contributed by atoms with Crippen LogP contribution in [0.5, 0.6) is 5.75 Å². The molecule has 0 heterocycles. The van der Waals surface area contributed by atoms with E-state index in [1.807, 2.05) is 49.3 Å². The highest BCUT2D eigenvalue weighted by Crippen LogP contribution is 2.25. The zero-order valence-electron chi connectivity index (χ0n) is 13.6. The van der Waals surface area contributed by atoms with Crippen LogP contribution in [0, 0.1) is 5.82 Å². The van der Waals surface area contributed by atoms with Crippen molar-refractivity contribution in [2.45, 2.75) is 6.04 Å². The van der Waals surface area contributed by atoms with Gasteiger partial charge in [-0.1, -0.05) is 30.3 Å². The van der Waals surface area contributed by atoms with Gasteiger partial charge < -0.3 is 15.0 Å². The average molecular weight is 395 g/mol. The van der Waals surface area contributed by atoms with E-state index in [4.69, 9.17) is 4.74 Å². The lowest BCUT2D eigenvalue weighted by Gasteiger charge is -2.23. The summed E-state index contributed by atoms with van der Waals surface area (Å²) in [4.78, 5) is 14.2. The zero-order valence-corrected chi connectivity index (χ0v) is 15.2. The summed E-state index contributed by atoms with van der Waals surface area (Å²) in [6, 6.07) is 13.7. The topological polar surface area (TPSA) is 41.6 Å². The van der Waals surface area contributed by atoms with Gasteiger partial charge in [-0.15, -0.1) is 0 Å². The molecule has 0 saturated heterocycles. The molecule has 2 aromatic carbocycles. The Hall–Kier alpha value is -1.92. The summed E-state index contributed by atoms with van der Waals surface area (Å²) in [7, 11) is 3.91. The summed E-state index contributed by atoms with van der Waals surface area (Å²) in [6.45, 7) is 0.539. The quantitative estimate of drug-likeness (QED) is 0.782. The van der Waals surface area contributed by atoms with E-state index >= 15 is 0 Å². The van der Waals surface area contributed by atoms with E-state index in [0.29, 0.717) is 16.8 Å². The number of hydrogen-bond donors (Lipinski definition) is 1. The number of hydrogen-bond acceptors (Lipinski definition) is 3. The molecule has 1 amide bonds. The van der Waals surface area contributed by atoms with Crippen LogP contribution in [-0.2, 0) is 4.79 Å². The third kappa shape index (κ3) is 5.62. The highest BCUT2D eigenvalue weighted by molar-refractivity contribution is 9.10. The summed E-state index contributed by atoms with van der Waals surface area (Å²) in [5.74, 6) is -0.175. The Morgan fingerprint density at radius 3 is 2.58 bits per heavy atom. The molecular weight excluding hydrogens is 375 g/mol. The van der Waals surface area contributed by atoms with Gasteiger partial charge in [0.2, 0.25) is 0 Å². The second kappa shape index (κ2) is 8.80. The van der Waals surface area contributed by atoms with Gasteiger partial charge in [-0.05, 0) is 53.8 Å². The Labute approximate surface area is 149 Å². The van der Waals surface area contributed by atoms with Crippen molar-refractivity contribution in [3.8, 4) is 5.75 Å². The number of nitrogens with zero attached hydrogens (tertiary/aromatic N) is 1. The number of ether oxygens (including phenoxy) is 1. The molecule has 2 rings (SSSR count). The molecule has 0 aliphatic rings. The van der Waals surface area contributed by atoms with Crippen molar-refractivity contribution < 1.29 is 13.9 Å². The molecule has 128 valence electrons. The summed E-state index contributed by atoms with van der Waals surface area (Å²) in [6.07, 6.45) is 0. The first-order valence-electron chi connectivity index (χ1n) is 7.52. The molecule has 0 fully saturated rings. The first kappa shape index (κ1) is 18.4. The smallest absolute Gasteiger partial charge is 0.258 e. The van der Waals surface area contributed by atoms with Gasteiger partial charge in [0.1, 0.15) is 11.6 Å². The first-order chi connectivity index (χ1) is 11.5. The van der Waals surface area contributed by atoms with E-state index in [-0.39, 0.29) is 24.4 Å². The third-order valence-electron chi connectivity index (χ3n) is 3.34. The van der Waals surface area contributed by atoms with Crippen LogP contribution >= 0.6 is 15.9 Å². The minimum Gasteiger partial charge on any atom is -0.483 e. The molecule has 24 heavy (non-hydrogen) atoms. The van der Waals surface area contributed by atoms with Gasteiger partial charge in [-0.3, -0.25) is 4.79 Å². The monoisotopic (exact) mass is 394 g/mol. The molecule has 1 atom stereocenters. The SMILES string of the molecule is CN(C)CC(NC(=O)COc1ccc(F)cc1Br)c1ccccc1. The van der Waals surface area contributed by atoms with Crippen LogP contribution in [0.3, 0.4) is 0 Å². The number of benzene rings is 2. The van der Waals surface area contributed by atoms with Crippen molar-refractivity contribution in [2.75, 3.05) is 27.2 Å². The van der Waals surface area contributed by atoms with Crippen LogP contribution < -0.4 is 10.1 Å². The van der Waals surface area contributed by atoms with Gasteiger partial charge in [0.15, 0.2) is 6.61 Å². The maximum Gasteiger partial charge on any atom is 0.258 e. The Kier molecular flexibility index (Phi) is 6.75.